The van der Waals surface area contributed by atoms with Gasteiger partial charge in [-0.25, -0.2) is 0 Å². The van der Waals surface area contributed by atoms with Gasteiger partial charge in [0.1, 0.15) is 0 Å². The van der Waals surface area contributed by atoms with Crippen molar-refractivity contribution in [3.8, 4) is 0 Å². The number of hydrogen-bond donors (Lipinski definition) is 1. The fourth-order valence-electron chi connectivity index (χ4n) is 1.56. The molecule has 0 amide bonds. The predicted octanol–water partition coefficient (Wildman–Crippen LogP) is 2.25. The standard InChI is InChI=1S/C13H14NP/c1-14-15(12-8-4-2-5-9-12)13-10-6-3-7-11-13/h2-11,14H,1H3. The first kappa shape index (κ1) is 10.4. The molecule has 0 atom stereocenters. The van der Waals surface area contributed by atoms with Crippen LogP contribution in [-0.2, 0) is 0 Å². The first-order valence-corrected chi connectivity index (χ1v) is 6.33. The Morgan fingerprint density at radius 2 is 1.13 bits per heavy atom. The van der Waals surface area contributed by atoms with Crippen molar-refractivity contribution < 1.29 is 0 Å². The van der Waals surface area contributed by atoms with Crippen molar-refractivity contribution in [2.45, 2.75) is 0 Å². The van der Waals surface area contributed by atoms with Crippen LogP contribution in [0.2, 0.25) is 0 Å². The smallest absolute Gasteiger partial charge is 0.0250 e. The van der Waals surface area contributed by atoms with Gasteiger partial charge >= 0.3 is 0 Å². The van der Waals surface area contributed by atoms with Crippen molar-refractivity contribution in [3.05, 3.63) is 60.7 Å². The molecule has 0 radical (unpaired) electrons. The van der Waals surface area contributed by atoms with Crippen molar-refractivity contribution in [1.29, 1.82) is 0 Å². The quantitative estimate of drug-likeness (QED) is 0.774. The number of benzene rings is 2. The van der Waals surface area contributed by atoms with E-state index in [0.717, 1.165) is 0 Å². The van der Waals surface area contributed by atoms with E-state index in [1.54, 1.807) is 0 Å². The molecule has 0 unspecified atom stereocenters. The molecule has 0 aromatic heterocycles. The summed E-state index contributed by atoms with van der Waals surface area (Å²) in [5, 5.41) is 6.12. The summed E-state index contributed by atoms with van der Waals surface area (Å²) in [6, 6.07) is 21.2. The summed E-state index contributed by atoms with van der Waals surface area (Å²) in [7, 11) is 1.62. The van der Waals surface area contributed by atoms with E-state index in [0.29, 0.717) is 0 Å². The highest BCUT2D eigenvalue weighted by Crippen LogP contribution is 2.26. The van der Waals surface area contributed by atoms with Gasteiger partial charge < -0.3 is 0 Å². The fourth-order valence-corrected chi connectivity index (χ4v) is 3.32. The number of nitrogens with one attached hydrogen (secondary N) is 1. The van der Waals surface area contributed by atoms with Crippen LogP contribution in [0.3, 0.4) is 0 Å². The van der Waals surface area contributed by atoms with Gasteiger partial charge in [0.15, 0.2) is 0 Å². The third-order valence-electron chi connectivity index (χ3n) is 2.25. The van der Waals surface area contributed by atoms with E-state index in [2.05, 4.69) is 65.8 Å². The van der Waals surface area contributed by atoms with E-state index >= 15 is 0 Å². The molecule has 2 heteroatoms. The van der Waals surface area contributed by atoms with Crippen LogP contribution >= 0.6 is 8.07 Å². The SMILES string of the molecule is CNP(c1ccccc1)c1ccccc1. The third kappa shape index (κ3) is 2.44. The zero-order valence-electron chi connectivity index (χ0n) is 8.72. The van der Waals surface area contributed by atoms with Crippen LogP contribution in [0.25, 0.3) is 0 Å². The molecule has 0 aliphatic carbocycles. The van der Waals surface area contributed by atoms with Gasteiger partial charge in [-0.3, -0.25) is 5.09 Å². The van der Waals surface area contributed by atoms with E-state index in [1.807, 2.05) is 7.05 Å². The normalized spacial score (nSPS) is 10.5. The molecular formula is C13H14NP. The van der Waals surface area contributed by atoms with Gasteiger partial charge in [-0.2, -0.15) is 0 Å². The van der Waals surface area contributed by atoms with Crippen LogP contribution in [0.1, 0.15) is 0 Å². The molecular weight excluding hydrogens is 201 g/mol. The molecule has 0 aliphatic heterocycles. The van der Waals surface area contributed by atoms with Crippen molar-refractivity contribution in [2.24, 2.45) is 0 Å². The van der Waals surface area contributed by atoms with Crippen molar-refractivity contribution in [1.82, 2.24) is 5.09 Å². The van der Waals surface area contributed by atoms with Gasteiger partial charge in [0.2, 0.25) is 0 Å². The maximum atomic E-state index is 3.40. The Labute approximate surface area is 92.0 Å². The highest BCUT2D eigenvalue weighted by Gasteiger charge is 2.09. The average Bonchev–Trinajstić information content (AvgIpc) is 2.33. The van der Waals surface area contributed by atoms with Crippen molar-refractivity contribution >= 4 is 18.7 Å². The predicted molar refractivity (Wildman–Crippen MR) is 68.1 cm³/mol. The molecule has 0 aliphatic rings. The lowest BCUT2D eigenvalue weighted by molar-refractivity contribution is 1.28. The zero-order chi connectivity index (χ0) is 10.5. The molecule has 1 nitrogen and oxygen atoms in total. The number of hydrogen-bond acceptors (Lipinski definition) is 1. The first-order chi connectivity index (χ1) is 7.42. The van der Waals surface area contributed by atoms with Crippen molar-refractivity contribution in [2.75, 3.05) is 7.05 Å². The summed E-state index contributed by atoms with van der Waals surface area (Å²) < 4.78 is 0. The second kappa shape index (κ2) is 5.06. The maximum absolute atomic E-state index is 3.40. The number of rotatable bonds is 3. The van der Waals surface area contributed by atoms with Gasteiger partial charge in [-0.1, -0.05) is 60.7 Å². The second-order valence-corrected chi connectivity index (χ2v) is 5.38. The first-order valence-electron chi connectivity index (χ1n) is 4.99. The Bertz CT molecular complexity index is 360. The lowest BCUT2D eigenvalue weighted by Gasteiger charge is -2.16. The maximum Gasteiger partial charge on any atom is 0.0250 e. The highest BCUT2D eigenvalue weighted by atomic mass is 31.1. The minimum absolute atomic E-state index is 0.399. The summed E-state index contributed by atoms with van der Waals surface area (Å²) in [5.41, 5.74) is 0. The van der Waals surface area contributed by atoms with E-state index in [4.69, 9.17) is 0 Å². The van der Waals surface area contributed by atoms with Crippen LogP contribution in [0, 0.1) is 0 Å². The molecule has 0 saturated carbocycles. The summed E-state index contributed by atoms with van der Waals surface area (Å²) in [6.07, 6.45) is 0. The van der Waals surface area contributed by atoms with E-state index in [9.17, 15) is 0 Å². The van der Waals surface area contributed by atoms with Gasteiger partial charge in [0.25, 0.3) is 0 Å². The van der Waals surface area contributed by atoms with Crippen LogP contribution in [0.5, 0.6) is 0 Å². The molecule has 2 aromatic rings. The van der Waals surface area contributed by atoms with Crippen LogP contribution < -0.4 is 15.7 Å². The molecule has 2 aromatic carbocycles. The fraction of sp³-hybridized carbons (Fsp3) is 0.0769. The average molecular weight is 215 g/mol. The van der Waals surface area contributed by atoms with Crippen LogP contribution in [0.4, 0.5) is 0 Å². The molecule has 0 spiro atoms. The topological polar surface area (TPSA) is 12.0 Å². The van der Waals surface area contributed by atoms with E-state index < -0.39 is 8.07 Å². The Morgan fingerprint density at radius 1 is 0.733 bits per heavy atom. The molecule has 15 heavy (non-hydrogen) atoms. The van der Waals surface area contributed by atoms with Gasteiger partial charge in [-0.05, 0) is 17.7 Å². The summed E-state index contributed by atoms with van der Waals surface area (Å²) in [4.78, 5) is 0. The molecule has 1 N–H and O–H groups in total. The molecule has 0 fully saturated rings. The van der Waals surface area contributed by atoms with Gasteiger partial charge in [0, 0.05) is 8.07 Å². The van der Waals surface area contributed by atoms with E-state index in [-0.39, 0.29) is 0 Å². The largest absolute Gasteiger partial charge is 0.292 e. The minimum Gasteiger partial charge on any atom is -0.292 e. The highest BCUT2D eigenvalue weighted by molar-refractivity contribution is 7.71. The monoisotopic (exact) mass is 215 g/mol. The molecule has 0 heterocycles. The zero-order valence-corrected chi connectivity index (χ0v) is 9.62. The van der Waals surface area contributed by atoms with Crippen LogP contribution in [0.15, 0.2) is 60.7 Å². The molecule has 2 rings (SSSR count). The lowest BCUT2D eigenvalue weighted by Crippen LogP contribution is -2.20. The summed E-state index contributed by atoms with van der Waals surface area (Å²) in [6.45, 7) is 0. The third-order valence-corrected chi connectivity index (χ3v) is 4.33. The summed E-state index contributed by atoms with van der Waals surface area (Å²) >= 11 is 0. The van der Waals surface area contributed by atoms with E-state index in [1.165, 1.54) is 10.6 Å². The molecule has 0 bridgehead atoms. The lowest BCUT2D eigenvalue weighted by atomic mass is 10.4. The van der Waals surface area contributed by atoms with Crippen molar-refractivity contribution in [3.63, 3.8) is 0 Å². The Balaban J connectivity index is 2.34. The summed E-state index contributed by atoms with van der Waals surface area (Å²) in [5.74, 6) is 0. The second-order valence-electron chi connectivity index (χ2n) is 3.23. The minimum atomic E-state index is -0.399. The molecule has 76 valence electrons. The van der Waals surface area contributed by atoms with Crippen LogP contribution in [-0.4, -0.2) is 7.05 Å². The van der Waals surface area contributed by atoms with Gasteiger partial charge in [0.05, 0.1) is 0 Å². The Morgan fingerprint density at radius 3 is 1.47 bits per heavy atom. The Hall–Kier alpha value is -1.17. The molecule has 0 saturated heterocycles. The van der Waals surface area contributed by atoms with Gasteiger partial charge in [-0.15, -0.1) is 0 Å². The Kier molecular flexibility index (Phi) is 3.49.